The van der Waals surface area contributed by atoms with Gasteiger partial charge >= 0.3 is 16.4 Å². The molecule has 1 saturated heterocycles. The third kappa shape index (κ3) is 3.78. The van der Waals surface area contributed by atoms with E-state index in [9.17, 15) is 30.3 Å². The van der Waals surface area contributed by atoms with Gasteiger partial charge in [-0.3, -0.25) is 4.79 Å². The number of benzene rings is 1. The van der Waals surface area contributed by atoms with Crippen LogP contribution in [0.5, 0.6) is 0 Å². The molecule has 2 rings (SSSR count). The lowest BCUT2D eigenvalue weighted by Gasteiger charge is -2.20. The van der Waals surface area contributed by atoms with E-state index in [0.717, 1.165) is 17.0 Å². The third-order valence-electron chi connectivity index (χ3n) is 3.21. The molecular weight excluding hydrogens is 394 g/mol. The molecule has 4 nitrogen and oxygen atoms in total. The largest absolute Gasteiger partial charge is 0.417 e. The van der Waals surface area contributed by atoms with Crippen LogP contribution in [-0.2, 0) is 21.2 Å². The van der Waals surface area contributed by atoms with Crippen molar-refractivity contribution in [1.82, 2.24) is 0 Å². The van der Waals surface area contributed by atoms with Crippen molar-refractivity contribution in [3.05, 3.63) is 28.2 Å². The fourth-order valence-electron chi connectivity index (χ4n) is 2.35. The molecule has 0 spiro atoms. The number of amides is 1. The second-order valence-corrected chi connectivity index (χ2v) is 7.12. The topological polar surface area (TPSA) is 54.5 Å². The van der Waals surface area contributed by atoms with Gasteiger partial charge in [-0.2, -0.15) is 21.6 Å². The summed E-state index contributed by atoms with van der Waals surface area (Å²) in [6.45, 7) is -0.151. The van der Waals surface area contributed by atoms with E-state index in [1.807, 2.05) is 0 Å². The van der Waals surface area contributed by atoms with Gasteiger partial charge in [0.1, 0.15) is 0 Å². The Balaban J connectivity index is 2.32. The summed E-state index contributed by atoms with van der Waals surface area (Å²) in [4.78, 5) is 12.9. The minimum Gasteiger partial charge on any atom is -0.311 e. The van der Waals surface area contributed by atoms with Gasteiger partial charge in [0.2, 0.25) is 5.91 Å². The summed E-state index contributed by atoms with van der Waals surface area (Å²) in [7, 11) is -4.75. The van der Waals surface area contributed by atoms with Gasteiger partial charge in [-0.15, -0.1) is 3.89 Å². The minimum absolute atomic E-state index is 0.0152. The zero-order valence-electron chi connectivity index (χ0n) is 10.9. The van der Waals surface area contributed by atoms with E-state index in [-0.39, 0.29) is 23.1 Å². The highest BCUT2D eigenvalue weighted by Gasteiger charge is 2.38. The predicted molar refractivity (Wildman–Crippen MR) is 74.5 cm³/mol. The first kappa shape index (κ1) is 17.2. The highest BCUT2D eigenvalue weighted by atomic mass is 79.9. The van der Waals surface area contributed by atoms with E-state index < -0.39 is 39.5 Å². The number of anilines is 1. The normalized spacial score (nSPS) is 19.8. The summed E-state index contributed by atoms with van der Waals surface area (Å²) >= 11 is 2.83. The zero-order valence-corrected chi connectivity index (χ0v) is 13.3. The van der Waals surface area contributed by atoms with Crippen LogP contribution < -0.4 is 4.90 Å². The van der Waals surface area contributed by atoms with E-state index in [2.05, 4.69) is 15.9 Å². The molecule has 0 aliphatic carbocycles. The average Bonchev–Trinajstić information content (AvgIpc) is 2.66. The van der Waals surface area contributed by atoms with E-state index in [4.69, 9.17) is 0 Å². The maximum Gasteiger partial charge on any atom is 0.417 e. The van der Waals surface area contributed by atoms with Gasteiger partial charge in [0, 0.05) is 18.9 Å². The molecule has 0 bridgehead atoms. The van der Waals surface area contributed by atoms with E-state index in [1.165, 1.54) is 6.07 Å². The third-order valence-corrected chi connectivity index (χ3v) is 4.92. The van der Waals surface area contributed by atoms with Crippen LogP contribution >= 0.6 is 15.9 Å². The molecular formula is C12H10BrF4NO3S. The molecule has 1 aromatic carbocycles. The van der Waals surface area contributed by atoms with Gasteiger partial charge in [-0.1, -0.05) is 6.07 Å². The second-order valence-electron chi connectivity index (χ2n) is 4.92. The number of carbonyl (C=O) groups is 1. The molecule has 1 atom stereocenters. The molecule has 0 aromatic heterocycles. The average molecular weight is 404 g/mol. The standard InChI is InChI=1S/C12H10BrF4NO3S/c13-11-8(12(14,15)16)2-1-3-9(11)18-5-7(4-10(18)19)6-22(17,20)21/h1-3,7H,4-6H2. The van der Waals surface area contributed by atoms with Crippen LogP contribution in [0.15, 0.2) is 22.7 Å². The maximum absolute atomic E-state index is 12.8. The first-order valence-electron chi connectivity index (χ1n) is 6.07. The SMILES string of the molecule is O=C1CC(CS(=O)(=O)F)CN1c1cccc(C(F)(F)F)c1Br. The van der Waals surface area contributed by atoms with Crippen molar-refractivity contribution in [2.45, 2.75) is 12.6 Å². The highest BCUT2D eigenvalue weighted by Crippen LogP contribution is 2.41. The lowest BCUT2D eigenvalue weighted by Crippen LogP contribution is -2.26. The van der Waals surface area contributed by atoms with Crippen LogP contribution in [0.4, 0.5) is 22.7 Å². The molecule has 10 heteroatoms. The summed E-state index contributed by atoms with van der Waals surface area (Å²) in [5.41, 5.74) is -0.960. The summed E-state index contributed by atoms with van der Waals surface area (Å²) < 4.78 is 72.2. The van der Waals surface area contributed by atoms with Crippen LogP contribution in [0, 0.1) is 5.92 Å². The van der Waals surface area contributed by atoms with Gasteiger partial charge in [0.15, 0.2) is 0 Å². The van der Waals surface area contributed by atoms with Crippen molar-refractivity contribution in [3.63, 3.8) is 0 Å². The number of hydrogen-bond acceptors (Lipinski definition) is 3. The Labute approximate surface area is 132 Å². The molecule has 0 radical (unpaired) electrons. The zero-order chi connectivity index (χ0) is 16.7. The molecule has 0 N–H and O–H groups in total. The van der Waals surface area contributed by atoms with Crippen LogP contribution in [-0.4, -0.2) is 26.6 Å². The molecule has 1 fully saturated rings. The molecule has 1 aromatic rings. The number of rotatable bonds is 3. The second kappa shape index (κ2) is 5.80. The lowest BCUT2D eigenvalue weighted by molar-refractivity contribution is -0.138. The van der Waals surface area contributed by atoms with Crippen molar-refractivity contribution in [2.75, 3.05) is 17.2 Å². The Morgan fingerprint density at radius 3 is 2.50 bits per heavy atom. The first-order chi connectivity index (χ1) is 9.99. The Bertz CT molecular complexity index is 705. The molecule has 122 valence electrons. The van der Waals surface area contributed by atoms with Gasteiger partial charge in [-0.25, -0.2) is 0 Å². The Morgan fingerprint density at radius 2 is 1.95 bits per heavy atom. The summed E-state index contributed by atoms with van der Waals surface area (Å²) in [6.07, 6.45) is -4.83. The Hall–Kier alpha value is -1.16. The van der Waals surface area contributed by atoms with Crippen LogP contribution in [0.3, 0.4) is 0 Å². The number of halogens is 5. The lowest BCUT2D eigenvalue weighted by atomic mass is 10.1. The van der Waals surface area contributed by atoms with Crippen molar-refractivity contribution in [3.8, 4) is 0 Å². The summed E-state index contributed by atoms with van der Waals surface area (Å²) in [5.74, 6) is -2.16. The fourth-order valence-corrected chi connectivity index (χ4v) is 3.84. The van der Waals surface area contributed by atoms with E-state index in [0.29, 0.717) is 0 Å². The molecule has 1 aliphatic rings. The highest BCUT2D eigenvalue weighted by molar-refractivity contribution is 9.10. The molecule has 1 aliphatic heterocycles. The molecule has 22 heavy (non-hydrogen) atoms. The predicted octanol–water partition coefficient (Wildman–Crippen LogP) is 3.12. The molecule has 1 amide bonds. The molecule has 1 unspecified atom stereocenters. The quantitative estimate of drug-likeness (QED) is 0.575. The van der Waals surface area contributed by atoms with Crippen LogP contribution in [0.2, 0.25) is 0 Å². The number of carbonyl (C=O) groups excluding carboxylic acids is 1. The van der Waals surface area contributed by atoms with Crippen LogP contribution in [0.1, 0.15) is 12.0 Å². The van der Waals surface area contributed by atoms with Crippen molar-refractivity contribution < 1.29 is 30.3 Å². The summed E-state index contributed by atoms with van der Waals surface area (Å²) in [6, 6.07) is 3.32. The van der Waals surface area contributed by atoms with E-state index >= 15 is 0 Å². The smallest absolute Gasteiger partial charge is 0.311 e. The summed E-state index contributed by atoms with van der Waals surface area (Å²) in [5, 5.41) is 0. The monoisotopic (exact) mass is 403 g/mol. The van der Waals surface area contributed by atoms with E-state index in [1.54, 1.807) is 0 Å². The first-order valence-corrected chi connectivity index (χ1v) is 8.42. The van der Waals surface area contributed by atoms with Crippen molar-refractivity contribution >= 4 is 37.7 Å². The fraction of sp³-hybridized carbons (Fsp3) is 0.417. The minimum atomic E-state index is -4.75. The number of alkyl halides is 3. The Kier molecular flexibility index (Phi) is 4.54. The Morgan fingerprint density at radius 1 is 1.32 bits per heavy atom. The molecule has 0 saturated carbocycles. The van der Waals surface area contributed by atoms with Crippen molar-refractivity contribution in [2.24, 2.45) is 5.92 Å². The van der Waals surface area contributed by atoms with Gasteiger partial charge < -0.3 is 4.90 Å². The van der Waals surface area contributed by atoms with Crippen molar-refractivity contribution in [1.29, 1.82) is 0 Å². The van der Waals surface area contributed by atoms with Gasteiger partial charge in [0.05, 0.1) is 21.5 Å². The number of hydrogen-bond donors (Lipinski definition) is 0. The maximum atomic E-state index is 12.8. The van der Waals surface area contributed by atoms with Gasteiger partial charge in [-0.05, 0) is 28.1 Å². The molecule has 1 heterocycles. The number of nitrogens with zero attached hydrogens (tertiary/aromatic N) is 1. The van der Waals surface area contributed by atoms with Gasteiger partial charge in [0.25, 0.3) is 0 Å². The van der Waals surface area contributed by atoms with Crippen LogP contribution in [0.25, 0.3) is 0 Å².